The quantitative estimate of drug-likeness (QED) is 0.784. The zero-order valence-electron chi connectivity index (χ0n) is 15.2. The summed E-state index contributed by atoms with van der Waals surface area (Å²) in [5.74, 6) is 1.47. The highest BCUT2D eigenvalue weighted by molar-refractivity contribution is 5.04. The van der Waals surface area contributed by atoms with Crippen molar-refractivity contribution in [1.82, 2.24) is 9.80 Å². The monoisotopic (exact) mass is 295 g/mol. The van der Waals surface area contributed by atoms with Gasteiger partial charge in [-0.15, -0.1) is 0 Å². The first-order valence-electron chi connectivity index (χ1n) is 8.91. The Labute approximate surface area is 132 Å². The standard InChI is InChI=1S/C18H37N3/c1-7-14(2)18(19)12-21(13-18)16(4)9-8-15(3)17(5)10-20(6)11-17/h14-16H,7-13,19H2,1-6H3. The van der Waals surface area contributed by atoms with Crippen molar-refractivity contribution < 1.29 is 0 Å². The summed E-state index contributed by atoms with van der Waals surface area (Å²) in [5.41, 5.74) is 7.14. The summed E-state index contributed by atoms with van der Waals surface area (Å²) in [6, 6.07) is 0.689. The van der Waals surface area contributed by atoms with Crippen LogP contribution in [-0.2, 0) is 0 Å². The number of hydrogen-bond acceptors (Lipinski definition) is 3. The molecule has 2 fully saturated rings. The van der Waals surface area contributed by atoms with Crippen molar-refractivity contribution in [1.29, 1.82) is 0 Å². The molecule has 2 aliphatic rings. The molecule has 0 saturated carbocycles. The van der Waals surface area contributed by atoms with Gasteiger partial charge < -0.3 is 10.6 Å². The molecule has 0 aromatic rings. The third-order valence-electron chi connectivity index (χ3n) is 6.68. The molecule has 2 saturated heterocycles. The van der Waals surface area contributed by atoms with Gasteiger partial charge in [-0.25, -0.2) is 0 Å². The van der Waals surface area contributed by atoms with Crippen LogP contribution in [0.3, 0.4) is 0 Å². The summed E-state index contributed by atoms with van der Waals surface area (Å²) < 4.78 is 0. The second-order valence-electron chi connectivity index (χ2n) is 8.60. The molecule has 3 nitrogen and oxygen atoms in total. The molecule has 0 amide bonds. The molecule has 2 rings (SSSR count). The number of hydrogen-bond donors (Lipinski definition) is 1. The first-order chi connectivity index (χ1) is 9.70. The molecular weight excluding hydrogens is 258 g/mol. The van der Waals surface area contributed by atoms with Crippen LogP contribution in [0.5, 0.6) is 0 Å². The van der Waals surface area contributed by atoms with Gasteiger partial charge in [0.1, 0.15) is 0 Å². The maximum Gasteiger partial charge on any atom is 0.0438 e. The van der Waals surface area contributed by atoms with E-state index in [4.69, 9.17) is 5.73 Å². The molecule has 3 unspecified atom stereocenters. The molecule has 0 spiro atoms. The van der Waals surface area contributed by atoms with Crippen molar-refractivity contribution in [3.8, 4) is 0 Å². The SMILES string of the molecule is CCC(C)C1(N)CN(C(C)CCC(C)C2(C)CN(C)C2)C1. The Morgan fingerprint density at radius 1 is 1.00 bits per heavy atom. The van der Waals surface area contributed by atoms with Gasteiger partial charge in [0.15, 0.2) is 0 Å². The number of rotatable bonds is 7. The lowest BCUT2D eigenvalue weighted by atomic mass is 9.70. The summed E-state index contributed by atoms with van der Waals surface area (Å²) in [6.07, 6.45) is 3.86. The van der Waals surface area contributed by atoms with Crippen molar-refractivity contribution in [3.63, 3.8) is 0 Å². The van der Waals surface area contributed by atoms with E-state index < -0.39 is 0 Å². The van der Waals surface area contributed by atoms with Crippen molar-refractivity contribution >= 4 is 0 Å². The van der Waals surface area contributed by atoms with Crippen molar-refractivity contribution in [2.24, 2.45) is 23.0 Å². The highest BCUT2D eigenvalue weighted by atomic mass is 15.3. The van der Waals surface area contributed by atoms with Crippen LogP contribution in [0, 0.1) is 17.3 Å². The topological polar surface area (TPSA) is 32.5 Å². The fourth-order valence-corrected chi connectivity index (χ4v) is 4.26. The number of likely N-dealkylation sites (tertiary alicyclic amines) is 2. The molecule has 2 N–H and O–H groups in total. The lowest BCUT2D eigenvalue weighted by Crippen LogP contribution is -2.71. The summed E-state index contributed by atoms with van der Waals surface area (Å²) in [6.45, 7) is 16.6. The fraction of sp³-hybridized carbons (Fsp3) is 1.00. The summed E-state index contributed by atoms with van der Waals surface area (Å²) in [4.78, 5) is 5.03. The van der Waals surface area contributed by atoms with Gasteiger partial charge in [0.2, 0.25) is 0 Å². The minimum absolute atomic E-state index is 0.0806. The fourth-order valence-electron chi connectivity index (χ4n) is 4.26. The number of nitrogens with zero attached hydrogens (tertiary/aromatic N) is 2. The predicted octanol–water partition coefficient (Wildman–Crippen LogP) is 2.80. The summed E-state index contributed by atoms with van der Waals surface area (Å²) in [7, 11) is 2.23. The van der Waals surface area contributed by atoms with Gasteiger partial charge in [-0.2, -0.15) is 0 Å². The van der Waals surface area contributed by atoms with E-state index in [0.717, 1.165) is 19.0 Å². The van der Waals surface area contributed by atoms with E-state index in [1.54, 1.807) is 0 Å². The Balaban J connectivity index is 1.71. The Kier molecular flexibility index (Phi) is 5.07. The van der Waals surface area contributed by atoms with Crippen molar-refractivity contribution in [2.75, 3.05) is 33.2 Å². The zero-order chi connectivity index (χ0) is 15.8. The van der Waals surface area contributed by atoms with E-state index in [0.29, 0.717) is 17.4 Å². The minimum atomic E-state index is 0.0806. The highest BCUT2D eigenvalue weighted by Gasteiger charge is 2.45. The van der Waals surface area contributed by atoms with E-state index in [1.165, 1.54) is 32.4 Å². The Bertz CT molecular complexity index is 342. The molecule has 2 aliphatic heterocycles. The number of nitrogens with two attached hydrogens (primary N) is 1. The molecule has 3 atom stereocenters. The normalized spacial score (nSPS) is 29.3. The van der Waals surface area contributed by atoms with E-state index in [1.807, 2.05) is 0 Å². The maximum absolute atomic E-state index is 6.51. The van der Waals surface area contributed by atoms with Crippen LogP contribution in [0.1, 0.15) is 53.9 Å². The molecule has 0 radical (unpaired) electrons. The third-order valence-corrected chi connectivity index (χ3v) is 6.68. The third kappa shape index (κ3) is 3.46. The van der Waals surface area contributed by atoms with Gasteiger partial charge in [0.05, 0.1) is 0 Å². The lowest BCUT2D eigenvalue weighted by Gasteiger charge is -2.54. The molecule has 3 heteroatoms. The van der Waals surface area contributed by atoms with Crippen LogP contribution in [0.2, 0.25) is 0 Å². The summed E-state index contributed by atoms with van der Waals surface area (Å²) in [5, 5.41) is 0. The van der Waals surface area contributed by atoms with Crippen LogP contribution in [-0.4, -0.2) is 54.6 Å². The van der Waals surface area contributed by atoms with Gasteiger partial charge in [-0.05, 0) is 44.1 Å². The van der Waals surface area contributed by atoms with Gasteiger partial charge in [-0.3, -0.25) is 4.90 Å². The van der Waals surface area contributed by atoms with Crippen molar-refractivity contribution in [2.45, 2.75) is 65.5 Å². The van der Waals surface area contributed by atoms with Crippen LogP contribution in [0.15, 0.2) is 0 Å². The second-order valence-corrected chi connectivity index (χ2v) is 8.60. The average Bonchev–Trinajstić information content (AvgIpc) is 2.38. The molecular formula is C18H37N3. The lowest BCUT2D eigenvalue weighted by molar-refractivity contribution is -0.0243. The average molecular weight is 296 g/mol. The smallest absolute Gasteiger partial charge is 0.0438 e. The minimum Gasteiger partial charge on any atom is -0.323 e. The molecule has 21 heavy (non-hydrogen) atoms. The van der Waals surface area contributed by atoms with E-state index in [-0.39, 0.29) is 5.54 Å². The van der Waals surface area contributed by atoms with Crippen LogP contribution in [0.25, 0.3) is 0 Å². The second kappa shape index (κ2) is 6.17. The highest BCUT2D eigenvalue weighted by Crippen LogP contribution is 2.39. The van der Waals surface area contributed by atoms with Gasteiger partial charge in [0, 0.05) is 37.8 Å². The van der Waals surface area contributed by atoms with Gasteiger partial charge >= 0.3 is 0 Å². The molecule has 2 heterocycles. The maximum atomic E-state index is 6.51. The predicted molar refractivity (Wildman–Crippen MR) is 91.4 cm³/mol. The van der Waals surface area contributed by atoms with Crippen LogP contribution in [0.4, 0.5) is 0 Å². The first-order valence-corrected chi connectivity index (χ1v) is 8.91. The summed E-state index contributed by atoms with van der Waals surface area (Å²) >= 11 is 0. The molecule has 0 bridgehead atoms. The van der Waals surface area contributed by atoms with E-state index in [9.17, 15) is 0 Å². The van der Waals surface area contributed by atoms with Crippen LogP contribution < -0.4 is 5.73 Å². The molecule has 0 aliphatic carbocycles. The zero-order valence-corrected chi connectivity index (χ0v) is 15.2. The molecule has 0 aromatic carbocycles. The largest absolute Gasteiger partial charge is 0.323 e. The van der Waals surface area contributed by atoms with Gasteiger partial charge in [0.25, 0.3) is 0 Å². The van der Waals surface area contributed by atoms with Crippen LogP contribution >= 0.6 is 0 Å². The molecule has 124 valence electrons. The van der Waals surface area contributed by atoms with Gasteiger partial charge in [-0.1, -0.05) is 34.1 Å². The Hall–Kier alpha value is -0.120. The Morgan fingerprint density at radius 2 is 1.57 bits per heavy atom. The van der Waals surface area contributed by atoms with Crippen molar-refractivity contribution in [3.05, 3.63) is 0 Å². The molecule has 0 aromatic heterocycles. The Morgan fingerprint density at radius 3 is 2.05 bits per heavy atom. The van der Waals surface area contributed by atoms with E-state index in [2.05, 4.69) is 51.5 Å². The first kappa shape index (κ1) is 17.2. The van der Waals surface area contributed by atoms with E-state index >= 15 is 0 Å².